The fourth-order valence-electron chi connectivity index (χ4n) is 5.16. The molecule has 1 aromatic heterocycles. The second-order valence-corrected chi connectivity index (χ2v) is 10.6. The summed E-state index contributed by atoms with van der Waals surface area (Å²) in [7, 11) is 1.32. The quantitative estimate of drug-likeness (QED) is 0.356. The van der Waals surface area contributed by atoms with Crippen LogP contribution in [0, 0.1) is 11.6 Å². The molecule has 2 aliphatic rings. The van der Waals surface area contributed by atoms with E-state index in [-0.39, 0.29) is 30.4 Å². The molecule has 0 aliphatic carbocycles. The summed E-state index contributed by atoms with van der Waals surface area (Å²) in [5, 5.41) is 9.18. The molecule has 5 rings (SSSR count). The Kier molecular flexibility index (Phi) is 6.79. The molecule has 1 fully saturated rings. The predicted octanol–water partition coefficient (Wildman–Crippen LogP) is 6.25. The lowest BCUT2D eigenvalue weighted by atomic mass is 9.95. The number of aromatic nitrogens is 3. The first kappa shape index (κ1) is 26.7. The maximum atomic E-state index is 14.5. The van der Waals surface area contributed by atoms with Crippen molar-refractivity contribution >= 4 is 17.3 Å². The van der Waals surface area contributed by atoms with Crippen LogP contribution in [0.25, 0.3) is 5.69 Å². The van der Waals surface area contributed by atoms with E-state index >= 15 is 0 Å². The van der Waals surface area contributed by atoms with E-state index in [1.807, 2.05) is 9.47 Å². The van der Waals surface area contributed by atoms with Crippen molar-refractivity contribution in [3.05, 3.63) is 64.2 Å². The zero-order chi connectivity index (χ0) is 27.4. The third kappa shape index (κ3) is 4.59. The highest BCUT2D eigenvalue weighted by atomic mass is 35.5. The lowest BCUT2D eigenvalue weighted by Gasteiger charge is -2.38. The van der Waals surface area contributed by atoms with Gasteiger partial charge in [-0.15, -0.1) is 10.2 Å². The molecule has 2 aromatic carbocycles. The standard InChI is InChI=1S/C26H27ClF5N5O/c1-25(2,26(30,31)32)36-13-16-10-17(27)4-5-20(16)37-23(14-36)33-34-24(37)15-6-8-35(9-7-15)21-12-22(38-3)19(29)11-18(21)28/h4-5,10-12,15H,6-9,13-14H2,1-3H3. The first-order chi connectivity index (χ1) is 17.9. The third-order valence-electron chi connectivity index (χ3n) is 7.64. The molecule has 0 unspecified atom stereocenters. The van der Waals surface area contributed by atoms with E-state index in [2.05, 4.69) is 10.2 Å². The Hall–Kier alpha value is -2.92. The van der Waals surface area contributed by atoms with Crippen molar-refractivity contribution in [2.24, 2.45) is 0 Å². The van der Waals surface area contributed by atoms with E-state index in [9.17, 15) is 22.0 Å². The molecule has 0 saturated carbocycles. The van der Waals surface area contributed by atoms with Crippen LogP contribution in [-0.4, -0.2) is 51.6 Å². The number of benzene rings is 2. The van der Waals surface area contributed by atoms with Gasteiger partial charge in [0.25, 0.3) is 0 Å². The van der Waals surface area contributed by atoms with Gasteiger partial charge in [-0.1, -0.05) is 11.6 Å². The molecule has 3 aromatic rings. The molecule has 3 heterocycles. The van der Waals surface area contributed by atoms with Gasteiger partial charge >= 0.3 is 6.18 Å². The van der Waals surface area contributed by atoms with Crippen molar-refractivity contribution in [2.75, 3.05) is 25.1 Å². The summed E-state index contributed by atoms with van der Waals surface area (Å²) in [4.78, 5) is 3.17. The monoisotopic (exact) mass is 555 g/mol. The minimum absolute atomic E-state index is 0.0343. The number of anilines is 1. The Morgan fingerprint density at radius 2 is 1.66 bits per heavy atom. The second kappa shape index (κ2) is 9.68. The Morgan fingerprint density at radius 1 is 0.947 bits per heavy atom. The maximum absolute atomic E-state index is 14.5. The van der Waals surface area contributed by atoms with Gasteiger partial charge in [0, 0.05) is 42.7 Å². The topological polar surface area (TPSA) is 46.4 Å². The average molecular weight is 556 g/mol. The molecule has 0 bridgehead atoms. The van der Waals surface area contributed by atoms with E-state index in [0.717, 1.165) is 19.9 Å². The van der Waals surface area contributed by atoms with Gasteiger partial charge in [-0.05, 0) is 50.5 Å². The van der Waals surface area contributed by atoms with Gasteiger partial charge in [-0.3, -0.25) is 9.47 Å². The number of piperidine rings is 1. The summed E-state index contributed by atoms with van der Waals surface area (Å²) in [6.45, 7) is 3.24. The fourth-order valence-corrected chi connectivity index (χ4v) is 5.36. The number of alkyl halides is 3. The van der Waals surface area contributed by atoms with Crippen LogP contribution in [0.3, 0.4) is 0 Å². The lowest BCUT2D eigenvalue weighted by Crippen LogP contribution is -2.53. The molecule has 0 spiro atoms. The van der Waals surface area contributed by atoms with Crippen LogP contribution in [0.2, 0.25) is 5.02 Å². The van der Waals surface area contributed by atoms with Crippen molar-refractivity contribution in [2.45, 2.75) is 57.4 Å². The lowest BCUT2D eigenvalue weighted by molar-refractivity contribution is -0.224. The zero-order valence-corrected chi connectivity index (χ0v) is 21.9. The normalized spacial score (nSPS) is 17.2. The van der Waals surface area contributed by atoms with Gasteiger partial charge in [0.15, 0.2) is 17.4 Å². The first-order valence-corrected chi connectivity index (χ1v) is 12.6. The maximum Gasteiger partial charge on any atom is 0.406 e. The van der Waals surface area contributed by atoms with E-state index in [4.69, 9.17) is 16.3 Å². The molecular weight excluding hydrogens is 529 g/mol. The summed E-state index contributed by atoms with van der Waals surface area (Å²) in [6, 6.07) is 7.34. The zero-order valence-electron chi connectivity index (χ0n) is 21.1. The van der Waals surface area contributed by atoms with E-state index in [1.165, 1.54) is 18.1 Å². The highest BCUT2D eigenvalue weighted by molar-refractivity contribution is 6.30. The smallest absolute Gasteiger partial charge is 0.406 e. The Morgan fingerprint density at radius 3 is 2.32 bits per heavy atom. The van der Waals surface area contributed by atoms with Crippen LogP contribution in [0.4, 0.5) is 27.6 Å². The van der Waals surface area contributed by atoms with Gasteiger partial charge < -0.3 is 9.64 Å². The molecule has 0 amide bonds. The minimum Gasteiger partial charge on any atom is -0.494 e. The summed E-state index contributed by atoms with van der Waals surface area (Å²) in [5.74, 6) is -0.480. The number of nitrogens with zero attached hydrogens (tertiary/aromatic N) is 5. The Bertz CT molecular complexity index is 1350. The first-order valence-electron chi connectivity index (χ1n) is 12.2. The Labute approximate surface area is 222 Å². The molecule has 0 radical (unpaired) electrons. The van der Waals surface area contributed by atoms with Crippen molar-refractivity contribution in [1.82, 2.24) is 19.7 Å². The van der Waals surface area contributed by atoms with Crippen molar-refractivity contribution in [3.8, 4) is 11.4 Å². The predicted molar refractivity (Wildman–Crippen MR) is 133 cm³/mol. The molecule has 6 nitrogen and oxygen atoms in total. The number of rotatable bonds is 4. The molecule has 2 aliphatic heterocycles. The van der Waals surface area contributed by atoms with Gasteiger partial charge in [0.2, 0.25) is 0 Å². The number of fused-ring (bicyclic) bond motifs is 3. The summed E-state index contributed by atoms with van der Waals surface area (Å²) in [5.41, 5.74) is -0.514. The van der Waals surface area contributed by atoms with Crippen LogP contribution >= 0.6 is 11.6 Å². The highest BCUT2D eigenvalue weighted by Crippen LogP contribution is 2.41. The molecular formula is C26H27ClF5N5O. The molecule has 204 valence electrons. The summed E-state index contributed by atoms with van der Waals surface area (Å²) >= 11 is 6.24. The van der Waals surface area contributed by atoms with Gasteiger partial charge in [0.05, 0.1) is 25.0 Å². The van der Waals surface area contributed by atoms with E-state index in [1.54, 1.807) is 18.2 Å². The van der Waals surface area contributed by atoms with Gasteiger partial charge in [0.1, 0.15) is 17.2 Å². The van der Waals surface area contributed by atoms with Crippen LogP contribution in [0.1, 0.15) is 49.8 Å². The van der Waals surface area contributed by atoms with Gasteiger partial charge in [-0.25, -0.2) is 8.78 Å². The summed E-state index contributed by atoms with van der Waals surface area (Å²) < 4.78 is 77.2. The van der Waals surface area contributed by atoms with Crippen molar-refractivity contribution < 1.29 is 26.7 Å². The van der Waals surface area contributed by atoms with Crippen LogP contribution in [0.15, 0.2) is 30.3 Å². The Balaban J connectivity index is 1.46. The number of hydrogen-bond acceptors (Lipinski definition) is 5. The number of ether oxygens (including phenoxy) is 1. The highest BCUT2D eigenvalue weighted by Gasteiger charge is 2.52. The molecule has 38 heavy (non-hydrogen) atoms. The SMILES string of the molecule is COc1cc(N2CCC(c3nnc4n3-c3ccc(Cl)cc3CN(C(C)(C)C(F)(F)F)C4)CC2)c(F)cc1F. The van der Waals surface area contributed by atoms with Crippen LogP contribution in [-0.2, 0) is 13.1 Å². The number of methoxy groups -OCH3 is 1. The van der Waals surface area contributed by atoms with E-state index in [0.29, 0.717) is 53.9 Å². The molecule has 12 heteroatoms. The largest absolute Gasteiger partial charge is 0.494 e. The number of hydrogen-bond donors (Lipinski definition) is 0. The average Bonchev–Trinajstić information content (AvgIpc) is 3.19. The third-order valence-corrected chi connectivity index (χ3v) is 7.87. The molecule has 1 saturated heterocycles. The fraction of sp³-hybridized carbons (Fsp3) is 0.462. The molecule has 0 atom stereocenters. The minimum atomic E-state index is -4.46. The van der Waals surface area contributed by atoms with Crippen molar-refractivity contribution in [1.29, 1.82) is 0 Å². The second-order valence-electron chi connectivity index (χ2n) is 10.2. The number of halogens is 6. The molecule has 0 N–H and O–H groups in total. The van der Waals surface area contributed by atoms with E-state index < -0.39 is 23.3 Å². The van der Waals surface area contributed by atoms with Crippen LogP contribution in [0.5, 0.6) is 5.75 Å². The van der Waals surface area contributed by atoms with Crippen LogP contribution < -0.4 is 9.64 Å². The van der Waals surface area contributed by atoms with Crippen molar-refractivity contribution in [3.63, 3.8) is 0 Å². The van der Waals surface area contributed by atoms with Gasteiger partial charge in [-0.2, -0.15) is 13.2 Å². The summed E-state index contributed by atoms with van der Waals surface area (Å²) in [6.07, 6.45) is -3.27.